The monoisotopic (exact) mass is 431 g/mol. The van der Waals surface area contributed by atoms with Gasteiger partial charge < -0.3 is 21.3 Å². The zero-order chi connectivity index (χ0) is 22.9. The molecular formula is C24H29N7O. The molecule has 0 bridgehead atoms. The van der Waals surface area contributed by atoms with Crippen LogP contribution in [-0.2, 0) is 4.79 Å². The molecule has 8 heteroatoms. The second kappa shape index (κ2) is 11.1. The van der Waals surface area contributed by atoms with Crippen LogP contribution in [0.4, 0.5) is 17.5 Å². The van der Waals surface area contributed by atoms with Crippen molar-refractivity contribution in [3.05, 3.63) is 41.6 Å². The van der Waals surface area contributed by atoms with Gasteiger partial charge in [-0.1, -0.05) is 24.8 Å². The van der Waals surface area contributed by atoms with Gasteiger partial charge in [0.25, 0.3) is 0 Å². The summed E-state index contributed by atoms with van der Waals surface area (Å²) in [5, 5.41) is 21.5. The molecule has 1 saturated carbocycles. The van der Waals surface area contributed by atoms with Gasteiger partial charge in [-0.3, -0.25) is 4.79 Å². The first kappa shape index (κ1) is 23.1. The van der Waals surface area contributed by atoms with Crippen LogP contribution in [0.15, 0.2) is 30.5 Å². The molecule has 0 unspecified atom stereocenters. The van der Waals surface area contributed by atoms with Gasteiger partial charge in [0.1, 0.15) is 5.82 Å². The predicted molar refractivity (Wildman–Crippen MR) is 125 cm³/mol. The standard InChI is InChI=1S/C24H29N7O/c1-4-10-27-22-19(9-8-17-11-21(12-17)29-23(32)16(2)26-3)15-28-24(31-22)30-20-7-5-6-18(13-20)14-25/h5-7,13,15-17,21,26H,4,10-12H2,1-3H3,(H,29,32)(H2,27,28,30,31)/t16-,17-,21+/m0/s1. The van der Waals surface area contributed by atoms with E-state index in [4.69, 9.17) is 5.26 Å². The maximum absolute atomic E-state index is 12.0. The van der Waals surface area contributed by atoms with Crippen molar-refractivity contribution in [2.24, 2.45) is 5.92 Å². The van der Waals surface area contributed by atoms with E-state index in [9.17, 15) is 4.79 Å². The van der Waals surface area contributed by atoms with E-state index in [0.717, 1.165) is 37.1 Å². The number of carbonyl (C=O) groups excluding carboxylic acids is 1. The number of rotatable bonds is 8. The first-order chi connectivity index (χ1) is 15.5. The average Bonchev–Trinajstić information content (AvgIpc) is 2.79. The van der Waals surface area contributed by atoms with E-state index >= 15 is 0 Å². The van der Waals surface area contributed by atoms with E-state index in [2.05, 4.69) is 56.1 Å². The molecule has 1 amide bonds. The van der Waals surface area contributed by atoms with Crippen LogP contribution in [-0.4, -0.2) is 41.6 Å². The first-order valence-corrected chi connectivity index (χ1v) is 10.9. The SMILES string of the molecule is CCCNc1nc(Nc2cccc(C#N)c2)ncc1C#C[C@H]1C[C@@H](NC(=O)[C@H](C)NC)C1. The number of amides is 1. The van der Waals surface area contributed by atoms with Crippen LogP contribution in [0.1, 0.15) is 44.2 Å². The fourth-order valence-electron chi connectivity index (χ4n) is 3.20. The Morgan fingerprint density at radius 1 is 1.34 bits per heavy atom. The third kappa shape index (κ3) is 6.19. The minimum absolute atomic E-state index is 0.0201. The Morgan fingerprint density at radius 2 is 2.16 bits per heavy atom. The Labute approximate surface area is 189 Å². The molecule has 1 heterocycles. The van der Waals surface area contributed by atoms with Crippen molar-refractivity contribution in [2.75, 3.05) is 24.2 Å². The summed E-state index contributed by atoms with van der Waals surface area (Å²) in [6, 6.07) is 9.28. The van der Waals surface area contributed by atoms with Gasteiger partial charge in [0.15, 0.2) is 0 Å². The number of nitriles is 1. The summed E-state index contributed by atoms with van der Waals surface area (Å²) >= 11 is 0. The number of nitrogens with zero attached hydrogens (tertiary/aromatic N) is 3. The van der Waals surface area contributed by atoms with E-state index < -0.39 is 0 Å². The lowest BCUT2D eigenvalue weighted by molar-refractivity contribution is -0.124. The summed E-state index contributed by atoms with van der Waals surface area (Å²) in [4.78, 5) is 20.9. The molecular weight excluding hydrogens is 402 g/mol. The van der Waals surface area contributed by atoms with Crippen molar-refractivity contribution in [1.82, 2.24) is 20.6 Å². The summed E-state index contributed by atoms with van der Waals surface area (Å²) in [5.74, 6) is 7.88. The van der Waals surface area contributed by atoms with E-state index in [0.29, 0.717) is 17.3 Å². The molecule has 0 spiro atoms. The molecule has 1 aliphatic rings. The van der Waals surface area contributed by atoms with Crippen LogP contribution in [0.5, 0.6) is 0 Å². The number of likely N-dealkylation sites (N-methyl/N-ethyl adjacent to an activating group) is 1. The molecule has 0 aliphatic heterocycles. The summed E-state index contributed by atoms with van der Waals surface area (Å²) in [7, 11) is 1.77. The molecule has 1 aromatic carbocycles. The van der Waals surface area contributed by atoms with Gasteiger partial charge in [-0.2, -0.15) is 10.2 Å². The van der Waals surface area contributed by atoms with Crippen molar-refractivity contribution in [3.63, 3.8) is 0 Å². The largest absolute Gasteiger partial charge is 0.369 e. The molecule has 4 N–H and O–H groups in total. The molecule has 0 saturated heterocycles. The van der Waals surface area contributed by atoms with E-state index in [1.807, 2.05) is 19.1 Å². The lowest BCUT2D eigenvalue weighted by Crippen LogP contribution is -2.49. The molecule has 166 valence electrons. The Balaban J connectivity index is 1.65. The van der Waals surface area contributed by atoms with Crippen LogP contribution in [0.2, 0.25) is 0 Å². The van der Waals surface area contributed by atoms with Crippen molar-refractivity contribution in [3.8, 4) is 17.9 Å². The normalized spacial score (nSPS) is 17.7. The molecule has 3 rings (SSSR count). The van der Waals surface area contributed by atoms with Crippen molar-refractivity contribution < 1.29 is 4.79 Å². The third-order valence-corrected chi connectivity index (χ3v) is 5.30. The first-order valence-electron chi connectivity index (χ1n) is 10.9. The van der Waals surface area contributed by atoms with E-state index in [1.165, 1.54) is 0 Å². The Hall–Kier alpha value is -3.62. The van der Waals surface area contributed by atoms with Crippen LogP contribution in [0.25, 0.3) is 0 Å². The highest BCUT2D eigenvalue weighted by Crippen LogP contribution is 2.27. The van der Waals surface area contributed by atoms with Gasteiger partial charge in [-0.25, -0.2) is 4.98 Å². The number of hydrogen-bond donors (Lipinski definition) is 4. The van der Waals surface area contributed by atoms with E-state index in [1.54, 1.807) is 25.4 Å². The smallest absolute Gasteiger partial charge is 0.237 e. The topological polar surface area (TPSA) is 115 Å². The number of hydrogen-bond acceptors (Lipinski definition) is 7. The van der Waals surface area contributed by atoms with E-state index in [-0.39, 0.29) is 23.9 Å². The zero-order valence-corrected chi connectivity index (χ0v) is 18.7. The summed E-state index contributed by atoms with van der Waals surface area (Å²) in [5.41, 5.74) is 2.06. The number of nitrogens with one attached hydrogen (secondary N) is 4. The lowest BCUT2D eigenvalue weighted by atomic mass is 9.80. The lowest BCUT2D eigenvalue weighted by Gasteiger charge is -2.33. The van der Waals surface area contributed by atoms with Gasteiger partial charge in [-0.15, -0.1) is 0 Å². The van der Waals surface area contributed by atoms with Gasteiger partial charge >= 0.3 is 0 Å². The summed E-state index contributed by atoms with van der Waals surface area (Å²) in [6.45, 7) is 4.70. The van der Waals surface area contributed by atoms with Gasteiger partial charge in [0, 0.05) is 24.2 Å². The summed E-state index contributed by atoms with van der Waals surface area (Å²) in [6.07, 6.45) is 4.37. The summed E-state index contributed by atoms with van der Waals surface area (Å²) < 4.78 is 0. The van der Waals surface area contributed by atoms with Crippen LogP contribution in [0, 0.1) is 29.1 Å². The molecule has 1 atom stereocenters. The average molecular weight is 432 g/mol. The van der Waals surface area contributed by atoms with Crippen molar-refractivity contribution in [1.29, 1.82) is 5.26 Å². The molecule has 8 nitrogen and oxygen atoms in total. The number of carbonyl (C=O) groups is 1. The third-order valence-electron chi connectivity index (χ3n) is 5.30. The highest BCUT2D eigenvalue weighted by atomic mass is 16.2. The maximum atomic E-state index is 12.0. The minimum Gasteiger partial charge on any atom is -0.369 e. The highest BCUT2D eigenvalue weighted by Gasteiger charge is 2.29. The maximum Gasteiger partial charge on any atom is 0.237 e. The number of aromatic nitrogens is 2. The number of benzene rings is 1. The molecule has 1 aromatic heterocycles. The highest BCUT2D eigenvalue weighted by molar-refractivity contribution is 5.81. The Bertz CT molecular complexity index is 1040. The molecule has 0 radical (unpaired) electrons. The van der Waals surface area contributed by atoms with Gasteiger partial charge in [-0.05, 0) is 51.4 Å². The fraction of sp³-hybridized carbons (Fsp3) is 0.417. The zero-order valence-electron chi connectivity index (χ0n) is 18.7. The second-order valence-corrected chi connectivity index (χ2v) is 7.85. The van der Waals surface area contributed by atoms with Gasteiger partial charge in [0.2, 0.25) is 11.9 Å². The Kier molecular flexibility index (Phi) is 8.02. The van der Waals surface area contributed by atoms with Crippen molar-refractivity contribution >= 4 is 23.4 Å². The number of anilines is 3. The van der Waals surface area contributed by atoms with Crippen LogP contribution in [0.3, 0.4) is 0 Å². The fourth-order valence-corrected chi connectivity index (χ4v) is 3.20. The minimum atomic E-state index is -0.195. The quantitative estimate of drug-likeness (QED) is 0.475. The Morgan fingerprint density at radius 3 is 2.88 bits per heavy atom. The van der Waals surface area contributed by atoms with Crippen molar-refractivity contribution in [2.45, 2.75) is 45.2 Å². The second-order valence-electron chi connectivity index (χ2n) is 7.85. The molecule has 2 aromatic rings. The molecule has 32 heavy (non-hydrogen) atoms. The van der Waals surface area contributed by atoms with Gasteiger partial charge in [0.05, 0.1) is 29.4 Å². The van der Waals surface area contributed by atoms with Crippen LogP contribution < -0.4 is 21.3 Å². The predicted octanol–water partition coefficient (Wildman–Crippen LogP) is 2.77. The molecule has 1 fully saturated rings. The van der Waals surface area contributed by atoms with Crippen LogP contribution >= 0.6 is 0 Å². The molecule has 1 aliphatic carbocycles.